The minimum atomic E-state index is 0.280. The molecule has 1 aliphatic rings. The first-order valence-corrected chi connectivity index (χ1v) is 7.09. The van der Waals surface area contributed by atoms with Gasteiger partial charge in [0.2, 0.25) is 0 Å². The van der Waals surface area contributed by atoms with E-state index in [0.717, 1.165) is 29.3 Å². The van der Waals surface area contributed by atoms with Gasteiger partial charge in [0.05, 0.1) is 5.52 Å². The van der Waals surface area contributed by atoms with E-state index in [4.69, 9.17) is 0 Å². The van der Waals surface area contributed by atoms with E-state index in [-0.39, 0.29) is 5.92 Å². The minimum absolute atomic E-state index is 0.280. The molecule has 2 nitrogen and oxygen atoms in total. The van der Waals surface area contributed by atoms with Crippen molar-refractivity contribution in [3.63, 3.8) is 0 Å². The van der Waals surface area contributed by atoms with Crippen LogP contribution in [0.2, 0.25) is 0 Å². The third-order valence-electron chi connectivity index (χ3n) is 4.25. The predicted molar refractivity (Wildman–Crippen MR) is 77.0 cm³/mol. The molecule has 1 aromatic carbocycles. The first-order chi connectivity index (χ1) is 9.24. The molecule has 0 N–H and O–H groups in total. The second-order valence-electron chi connectivity index (χ2n) is 5.75. The van der Waals surface area contributed by atoms with Crippen molar-refractivity contribution in [2.24, 2.45) is 11.8 Å². The summed E-state index contributed by atoms with van der Waals surface area (Å²) in [6, 6.07) is 10.0. The lowest BCUT2D eigenvalue weighted by Gasteiger charge is -2.10. The van der Waals surface area contributed by atoms with E-state index in [9.17, 15) is 4.79 Å². The molecule has 2 atom stereocenters. The summed E-state index contributed by atoms with van der Waals surface area (Å²) in [7, 11) is 0. The van der Waals surface area contributed by atoms with E-state index < -0.39 is 0 Å². The highest BCUT2D eigenvalue weighted by Gasteiger charge is 2.27. The van der Waals surface area contributed by atoms with Gasteiger partial charge in [-0.2, -0.15) is 0 Å². The third kappa shape index (κ3) is 2.53. The van der Waals surface area contributed by atoms with E-state index in [1.54, 1.807) is 0 Å². The van der Waals surface area contributed by atoms with Gasteiger partial charge in [0, 0.05) is 23.9 Å². The Morgan fingerprint density at radius 1 is 1.26 bits per heavy atom. The average Bonchev–Trinajstić information content (AvgIpc) is 2.86. The number of fused-ring (bicyclic) bond motifs is 1. The molecule has 1 heterocycles. The van der Waals surface area contributed by atoms with Gasteiger partial charge in [-0.05, 0) is 42.9 Å². The molecule has 19 heavy (non-hydrogen) atoms. The Morgan fingerprint density at radius 2 is 2.11 bits per heavy atom. The highest BCUT2D eigenvalue weighted by molar-refractivity contribution is 5.90. The maximum absolute atomic E-state index is 12.4. The standard InChI is InChI=1S/C17H19NO/c1-12-6-7-14(10-12)17(19)11-13-8-9-18-16-5-3-2-4-15(13)16/h2-5,8-9,12,14H,6-7,10-11H2,1H3. The number of pyridine rings is 1. The van der Waals surface area contributed by atoms with E-state index in [1.165, 1.54) is 6.42 Å². The van der Waals surface area contributed by atoms with Crippen LogP contribution in [0.3, 0.4) is 0 Å². The van der Waals surface area contributed by atoms with Crippen molar-refractivity contribution in [2.75, 3.05) is 0 Å². The second-order valence-corrected chi connectivity index (χ2v) is 5.75. The fraction of sp³-hybridized carbons (Fsp3) is 0.412. The number of ketones is 1. The Morgan fingerprint density at radius 3 is 2.89 bits per heavy atom. The number of hydrogen-bond donors (Lipinski definition) is 0. The molecule has 1 fully saturated rings. The third-order valence-corrected chi connectivity index (χ3v) is 4.25. The first kappa shape index (κ1) is 12.3. The minimum Gasteiger partial charge on any atom is -0.299 e. The normalized spacial score (nSPS) is 22.8. The molecule has 0 aliphatic heterocycles. The Hall–Kier alpha value is -1.70. The molecule has 2 aromatic rings. The number of hydrogen-bond acceptors (Lipinski definition) is 2. The summed E-state index contributed by atoms with van der Waals surface area (Å²) in [6.07, 6.45) is 5.71. The molecule has 0 saturated heterocycles. The fourth-order valence-corrected chi connectivity index (χ4v) is 3.14. The fourth-order valence-electron chi connectivity index (χ4n) is 3.14. The van der Waals surface area contributed by atoms with Crippen LogP contribution in [-0.4, -0.2) is 10.8 Å². The molecule has 1 saturated carbocycles. The van der Waals surface area contributed by atoms with Crippen molar-refractivity contribution in [2.45, 2.75) is 32.6 Å². The summed E-state index contributed by atoms with van der Waals surface area (Å²) < 4.78 is 0. The zero-order valence-electron chi connectivity index (χ0n) is 11.3. The molecule has 3 rings (SSSR count). The molecule has 1 aromatic heterocycles. The first-order valence-electron chi connectivity index (χ1n) is 7.09. The molecule has 0 radical (unpaired) electrons. The van der Waals surface area contributed by atoms with Gasteiger partial charge in [0.1, 0.15) is 5.78 Å². The summed E-state index contributed by atoms with van der Waals surface area (Å²) in [5.41, 5.74) is 2.10. The molecule has 0 spiro atoms. The molecular formula is C17H19NO. The van der Waals surface area contributed by atoms with Gasteiger partial charge >= 0.3 is 0 Å². The molecule has 0 bridgehead atoms. The largest absolute Gasteiger partial charge is 0.299 e. The highest BCUT2D eigenvalue weighted by atomic mass is 16.1. The number of Topliss-reactive ketones (excluding diaryl/α,β-unsaturated/α-hetero) is 1. The summed E-state index contributed by atoms with van der Waals surface area (Å²) in [5.74, 6) is 1.39. The smallest absolute Gasteiger partial charge is 0.140 e. The summed E-state index contributed by atoms with van der Waals surface area (Å²) in [4.78, 5) is 16.7. The number of para-hydroxylation sites is 1. The van der Waals surface area contributed by atoms with Crippen molar-refractivity contribution in [1.29, 1.82) is 0 Å². The van der Waals surface area contributed by atoms with Crippen molar-refractivity contribution < 1.29 is 4.79 Å². The highest BCUT2D eigenvalue weighted by Crippen LogP contribution is 2.32. The quantitative estimate of drug-likeness (QED) is 0.833. The van der Waals surface area contributed by atoms with Crippen LogP contribution in [0.1, 0.15) is 31.7 Å². The number of carbonyl (C=O) groups excluding carboxylic acids is 1. The lowest BCUT2D eigenvalue weighted by Crippen LogP contribution is -2.14. The summed E-state index contributed by atoms with van der Waals surface area (Å²) in [6.45, 7) is 2.25. The molecule has 0 amide bonds. The Balaban J connectivity index is 1.83. The molecule has 1 aliphatic carbocycles. The maximum atomic E-state index is 12.4. The van der Waals surface area contributed by atoms with Gasteiger partial charge in [0.15, 0.2) is 0 Å². The van der Waals surface area contributed by atoms with Gasteiger partial charge in [-0.15, -0.1) is 0 Å². The van der Waals surface area contributed by atoms with E-state index in [1.807, 2.05) is 30.5 Å². The number of aromatic nitrogens is 1. The lowest BCUT2D eigenvalue weighted by atomic mass is 9.94. The topological polar surface area (TPSA) is 30.0 Å². The molecule has 98 valence electrons. The average molecular weight is 253 g/mol. The van der Waals surface area contributed by atoms with Crippen LogP contribution in [0.15, 0.2) is 36.5 Å². The van der Waals surface area contributed by atoms with Gasteiger partial charge in [-0.1, -0.05) is 25.1 Å². The zero-order chi connectivity index (χ0) is 13.2. The van der Waals surface area contributed by atoms with E-state index >= 15 is 0 Å². The number of nitrogens with zero attached hydrogens (tertiary/aromatic N) is 1. The van der Waals surface area contributed by atoms with Gasteiger partial charge in [-0.25, -0.2) is 0 Å². The summed E-state index contributed by atoms with van der Waals surface area (Å²) in [5, 5.41) is 1.12. The maximum Gasteiger partial charge on any atom is 0.140 e. The van der Waals surface area contributed by atoms with Crippen LogP contribution in [0.25, 0.3) is 10.9 Å². The van der Waals surface area contributed by atoms with Crippen LogP contribution in [0.5, 0.6) is 0 Å². The number of rotatable bonds is 3. The zero-order valence-corrected chi connectivity index (χ0v) is 11.3. The van der Waals surface area contributed by atoms with Crippen LogP contribution in [0.4, 0.5) is 0 Å². The Kier molecular flexibility index (Phi) is 3.33. The van der Waals surface area contributed by atoms with Gasteiger partial charge < -0.3 is 0 Å². The van der Waals surface area contributed by atoms with Crippen LogP contribution < -0.4 is 0 Å². The van der Waals surface area contributed by atoms with Crippen molar-refractivity contribution >= 4 is 16.7 Å². The van der Waals surface area contributed by atoms with E-state index in [2.05, 4.69) is 18.0 Å². The van der Waals surface area contributed by atoms with Crippen molar-refractivity contribution in [1.82, 2.24) is 4.98 Å². The SMILES string of the molecule is CC1CCC(C(=O)Cc2ccnc3ccccc23)C1. The van der Waals surface area contributed by atoms with E-state index in [0.29, 0.717) is 18.1 Å². The Bertz CT molecular complexity index is 600. The molecule has 2 unspecified atom stereocenters. The van der Waals surface area contributed by atoms with Crippen LogP contribution in [0, 0.1) is 11.8 Å². The van der Waals surface area contributed by atoms with Crippen LogP contribution in [-0.2, 0) is 11.2 Å². The van der Waals surface area contributed by atoms with Gasteiger partial charge in [-0.3, -0.25) is 9.78 Å². The van der Waals surface area contributed by atoms with Crippen molar-refractivity contribution in [3.8, 4) is 0 Å². The number of carbonyl (C=O) groups is 1. The van der Waals surface area contributed by atoms with Crippen LogP contribution >= 0.6 is 0 Å². The molecule has 2 heteroatoms. The molecular weight excluding hydrogens is 234 g/mol. The lowest BCUT2D eigenvalue weighted by molar-refractivity contribution is -0.122. The second kappa shape index (κ2) is 5.12. The monoisotopic (exact) mass is 253 g/mol. The van der Waals surface area contributed by atoms with Crippen molar-refractivity contribution in [3.05, 3.63) is 42.1 Å². The van der Waals surface area contributed by atoms with Gasteiger partial charge in [0.25, 0.3) is 0 Å². The number of benzene rings is 1. The predicted octanol–water partition coefficient (Wildman–Crippen LogP) is 3.78. The summed E-state index contributed by atoms with van der Waals surface area (Å²) >= 11 is 0. The Labute approximate surface area is 113 Å².